The van der Waals surface area contributed by atoms with Crippen LogP contribution in [0.5, 0.6) is 11.5 Å². The number of hydrogen-bond donors (Lipinski definition) is 3. The molecule has 4 heteroatoms. The van der Waals surface area contributed by atoms with Gasteiger partial charge in [-0.3, -0.25) is 0 Å². The maximum absolute atomic E-state index is 9.60. The van der Waals surface area contributed by atoms with Crippen molar-refractivity contribution >= 4 is 5.69 Å². The second-order valence-electron chi connectivity index (χ2n) is 3.68. The number of aliphatic hydroxyl groups excluding tert-OH is 1. The van der Waals surface area contributed by atoms with Crippen LogP contribution in [-0.4, -0.2) is 23.4 Å². The highest BCUT2D eigenvalue weighted by atomic mass is 16.5. The Morgan fingerprint density at radius 2 is 2.13 bits per heavy atom. The minimum Gasteiger partial charge on any atom is -0.508 e. The summed E-state index contributed by atoms with van der Waals surface area (Å²) in [6, 6.07) is 1.58. The van der Waals surface area contributed by atoms with Crippen molar-refractivity contribution in [2.24, 2.45) is 0 Å². The second-order valence-corrected chi connectivity index (χ2v) is 3.68. The largest absolute Gasteiger partial charge is 0.508 e. The van der Waals surface area contributed by atoms with Crippen LogP contribution in [0.15, 0.2) is 6.07 Å². The topological polar surface area (TPSA) is 75.7 Å². The average Bonchev–Trinajstić information content (AvgIpc) is 2.14. The number of benzene rings is 1. The average molecular weight is 211 g/mol. The van der Waals surface area contributed by atoms with Gasteiger partial charge in [-0.1, -0.05) is 0 Å². The van der Waals surface area contributed by atoms with E-state index in [1.54, 1.807) is 19.9 Å². The molecule has 4 N–H and O–H groups in total. The quantitative estimate of drug-likeness (QED) is 0.657. The van der Waals surface area contributed by atoms with E-state index in [2.05, 4.69) is 0 Å². The number of nitrogen functional groups attached to an aromatic ring is 1. The fourth-order valence-electron chi connectivity index (χ4n) is 1.53. The smallest absolute Gasteiger partial charge is 0.145 e. The molecule has 0 bridgehead atoms. The molecule has 0 heterocycles. The van der Waals surface area contributed by atoms with Gasteiger partial charge in [0, 0.05) is 17.5 Å². The number of nitrogens with two attached hydrogens (primary N) is 1. The van der Waals surface area contributed by atoms with Crippen molar-refractivity contribution < 1.29 is 14.9 Å². The zero-order chi connectivity index (χ0) is 11.6. The number of hydrogen-bond acceptors (Lipinski definition) is 4. The molecule has 1 unspecified atom stereocenters. The monoisotopic (exact) mass is 211 g/mol. The fraction of sp³-hybridized carbons (Fsp3) is 0.455. The predicted octanol–water partition coefficient (Wildman–Crippen LogP) is 1.21. The Morgan fingerprint density at radius 3 is 2.60 bits per heavy atom. The Bertz CT molecular complexity index is 361. The number of ether oxygens (including phenoxy) is 1. The van der Waals surface area contributed by atoms with E-state index in [1.807, 2.05) is 0 Å². The number of methoxy groups -OCH3 is 1. The molecule has 0 radical (unpaired) electrons. The summed E-state index contributed by atoms with van der Waals surface area (Å²) in [7, 11) is 1.52. The Labute approximate surface area is 89.3 Å². The predicted molar refractivity (Wildman–Crippen MR) is 59.2 cm³/mol. The van der Waals surface area contributed by atoms with Crippen LogP contribution in [0.4, 0.5) is 5.69 Å². The van der Waals surface area contributed by atoms with E-state index in [1.165, 1.54) is 7.11 Å². The van der Waals surface area contributed by atoms with E-state index in [0.717, 1.165) is 0 Å². The van der Waals surface area contributed by atoms with Crippen LogP contribution < -0.4 is 10.5 Å². The molecule has 0 aromatic heterocycles. The third-order valence-electron chi connectivity index (χ3n) is 2.35. The molecule has 1 aromatic carbocycles. The van der Waals surface area contributed by atoms with E-state index in [0.29, 0.717) is 29.0 Å². The molecule has 0 aliphatic heterocycles. The van der Waals surface area contributed by atoms with Crippen LogP contribution >= 0.6 is 0 Å². The van der Waals surface area contributed by atoms with Crippen LogP contribution in [0.3, 0.4) is 0 Å². The van der Waals surface area contributed by atoms with E-state index in [4.69, 9.17) is 10.5 Å². The van der Waals surface area contributed by atoms with Gasteiger partial charge in [-0.25, -0.2) is 0 Å². The molecule has 0 aliphatic carbocycles. The Hall–Kier alpha value is -1.42. The number of aromatic hydroxyl groups is 1. The van der Waals surface area contributed by atoms with Gasteiger partial charge in [0.05, 0.1) is 18.9 Å². The first-order valence-corrected chi connectivity index (χ1v) is 4.80. The highest BCUT2D eigenvalue weighted by Crippen LogP contribution is 2.36. The van der Waals surface area contributed by atoms with Crippen molar-refractivity contribution in [1.29, 1.82) is 0 Å². The summed E-state index contributed by atoms with van der Waals surface area (Å²) in [5.74, 6) is 0.662. The summed E-state index contributed by atoms with van der Waals surface area (Å²) in [5, 5.41) is 18.9. The minimum absolute atomic E-state index is 0.129. The van der Waals surface area contributed by atoms with Crippen molar-refractivity contribution in [3.05, 3.63) is 17.2 Å². The van der Waals surface area contributed by atoms with Crippen molar-refractivity contribution in [2.45, 2.75) is 26.4 Å². The lowest BCUT2D eigenvalue weighted by molar-refractivity contribution is 0.194. The number of rotatable bonds is 3. The van der Waals surface area contributed by atoms with Gasteiger partial charge in [0.1, 0.15) is 11.5 Å². The Morgan fingerprint density at radius 1 is 1.53 bits per heavy atom. The maximum atomic E-state index is 9.60. The van der Waals surface area contributed by atoms with Gasteiger partial charge < -0.3 is 20.7 Å². The molecule has 84 valence electrons. The number of phenolic OH excluding ortho intramolecular Hbond substituents is 1. The van der Waals surface area contributed by atoms with Gasteiger partial charge in [0.2, 0.25) is 0 Å². The van der Waals surface area contributed by atoms with Crippen molar-refractivity contribution in [3.8, 4) is 11.5 Å². The Balaban J connectivity index is 3.25. The molecular weight excluding hydrogens is 194 g/mol. The molecule has 15 heavy (non-hydrogen) atoms. The van der Waals surface area contributed by atoms with Gasteiger partial charge in [-0.2, -0.15) is 0 Å². The zero-order valence-corrected chi connectivity index (χ0v) is 9.24. The lowest BCUT2D eigenvalue weighted by Gasteiger charge is -2.15. The SMILES string of the molecule is COc1c(CC(C)O)cc(O)c(C)c1N. The van der Waals surface area contributed by atoms with Crippen LogP contribution in [0.25, 0.3) is 0 Å². The third kappa shape index (κ3) is 2.33. The molecular formula is C11H17NO3. The molecule has 1 atom stereocenters. The standard InChI is InChI=1S/C11H17NO3/c1-6(13)4-8-5-9(14)7(2)10(12)11(8)15-3/h5-6,13-14H,4,12H2,1-3H3. The first-order valence-electron chi connectivity index (χ1n) is 4.80. The fourth-order valence-corrected chi connectivity index (χ4v) is 1.53. The number of anilines is 1. The number of aliphatic hydroxyl groups is 1. The molecule has 0 saturated carbocycles. The van der Waals surface area contributed by atoms with Gasteiger partial charge in [-0.15, -0.1) is 0 Å². The highest BCUT2D eigenvalue weighted by molar-refractivity contribution is 5.66. The highest BCUT2D eigenvalue weighted by Gasteiger charge is 2.14. The van der Waals surface area contributed by atoms with Crippen molar-refractivity contribution in [1.82, 2.24) is 0 Å². The van der Waals surface area contributed by atoms with Crippen LogP contribution in [0.1, 0.15) is 18.1 Å². The third-order valence-corrected chi connectivity index (χ3v) is 2.35. The van der Waals surface area contributed by atoms with E-state index < -0.39 is 6.10 Å². The first-order chi connectivity index (χ1) is 6.97. The van der Waals surface area contributed by atoms with Crippen molar-refractivity contribution in [3.63, 3.8) is 0 Å². The first kappa shape index (κ1) is 11.7. The molecule has 4 nitrogen and oxygen atoms in total. The molecule has 0 fully saturated rings. The van der Waals surface area contributed by atoms with Gasteiger partial charge >= 0.3 is 0 Å². The lowest BCUT2D eigenvalue weighted by Crippen LogP contribution is -2.08. The summed E-state index contributed by atoms with van der Waals surface area (Å²) in [6.07, 6.45) is -0.0956. The molecule has 0 aliphatic rings. The van der Waals surface area contributed by atoms with Crippen LogP contribution in [0.2, 0.25) is 0 Å². The summed E-state index contributed by atoms with van der Waals surface area (Å²) in [4.78, 5) is 0. The van der Waals surface area contributed by atoms with E-state index in [9.17, 15) is 10.2 Å². The summed E-state index contributed by atoms with van der Waals surface area (Å²) in [5.41, 5.74) is 7.54. The number of phenols is 1. The molecule has 0 amide bonds. The minimum atomic E-state index is -0.500. The Kier molecular flexibility index (Phi) is 3.42. The van der Waals surface area contributed by atoms with Crippen molar-refractivity contribution in [2.75, 3.05) is 12.8 Å². The molecule has 1 rings (SSSR count). The van der Waals surface area contributed by atoms with Crippen LogP contribution in [0, 0.1) is 6.92 Å². The summed E-state index contributed by atoms with van der Waals surface area (Å²) >= 11 is 0. The summed E-state index contributed by atoms with van der Waals surface area (Å²) in [6.45, 7) is 3.39. The van der Waals surface area contributed by atoms with E-state index in [-0.39, 0.29) is 5.75 Å². The second kappa shape index (κ2) is 4.40. The zero-order valence-electron chi connectivity index (χ0n) is 9.24. The van der Waals surface area contributed by atoms with Crippen LogP contribution in [-0.2, 0) is 6.42 Å². The lowest BCUT2D eigenvalue weighted by atomic mass is 10.0. The van der Waals surface area contributed by atoms with Gasteiger partial charge in [0.15, 0.2) is 0 Å². The molecule has 1 aromatic rings. The van der Waals surface area contributed by atoms with Gasteiger partial charge in [0.25, 0.3) is 0 Å². The molecule has 0 spiro atoms. The summed E-state index contributed by atoms with van der Waals surface area (Å²) < 4.78 is 5.17. The normalized spacial score (nSPS) is 12.5. The molecule has 0 saturated heterocycles. The van der Waals surface area contributed by atoms with Gasteiger partial charge in [-0.05, 0) is 19.9 Å². The van der Waals surface area contributed by atoms with E-state index >= 15 is 0 Å². The maximum Gasteiger partial charge on any atom is 0.145 e.